The fourth-order valence-corrected chi connectivity index (χ4v) is 5.05. The molecule has 0 aromatic heterocycles. The Morgan fingerprint density at radius 1 is 0.857 bits per heavy atom. The van der Waals surface area contributed by atoms with Crippen LogP contribution in [0.25, 0.3) is 0 Å². The van der Waals surface area contributed by atoms with Crippen LogP contribution in [0.1, 0.15) is 47.9 Å². The quantitative estimate of drug-likeness (QED) is 0.349. The van der Waals surface area contributed by atoms with Gasteiger partial charge < -0.3 is 15.7 Å². The summed E-state index contributed by atoms with van der Waals surface area (Å²) in [7, 11) is 0. The van der Waals surface area contributed by atoms with Gasteiger partial charge in [0.05, 0.1) is 6.04 Å². The van der Waals surface area contributed by atoms with E-state index < -0.39 is 29.7 Å². The van der Waals surface area contributed by atoms with Crippen molar-refractivity contribution in [3.8, 4) is 0 Å². The number of benzene rings is 3. The molecule has 3 aromatic rings. The summed E-state index contributed by atoms with van der Waals surface area (Å²) in [6.07, 6.45) is 0.441. The minimum absolute atomic E-state index is 0.189. The summed E-state index contributed by atoms with van der Waals surface area (Å²) in [5, 5.41) is 14.8. The standard InChI is InChI=1S/C27H25BrF2N2O3/c28-19-7-1-16(2-8-19)24-15-22(31-27(34)35)13-14-23(24)26(33)32-25(17-3-9-20(29)10-4-17)18-5-11-21(30)12-6-18/h1-12,22-25,31H,13-15H2,(H,32,33)(H,34,35)/t22-,23-,24+/m1/s1. The first kappa shape index (κ1) is 24.9. The van der Waals surface area contributed by atoms with Crippen molar-refractivity contribution in [3.05, 3.63) is 106 Å². The summed E-state index contributed by atoms with van der Waals surface area (Å²) < 4.78 is 28.0. The van der Waals surface area contributed by atoms with Gasteiger partial charge in [-0.1, -0.05) is 52.3 Å². The lowest BCUT2D eigenvalue weighted by Gasteiger charge is -2.36. The topological polar surface area (TPSA) is 78.4 Å². The number of carbonyl (C=O) groups is 2. The maximum absolute atomic E-state index is 13.7. The minimum atomic E-state index is -1.08. The molecule has 8 heteroatoms. The van der Waals surface area contributed by atoms with Crippen molar-refractivity contribution in [3.63, 3.8) is 0 Å². The van der Waals surface area contributed by atoms with Gasteiger partial charge in [0.25, 0.3) is 0 Å². The van der Waals surface area contributed by atoms with Gasteiger partial charge in [0.1, 0.15) is 11.6 Å². The Kier molecular flexibility index (Phi) is 7.80. The molecular weight excluding hydrogens is 518 g/mol. The van der Waals surface area contributed by atoms with Crippen LogP contribution in [0.15, 0.2) is 77.3 Å². The normalized spacial score (nSPS) is 19.8. The van der Waals surface area contributed by atoms with Crippen molar-refractivity contribution in [2.45, 2.75) is 37.3 Å². The van der Waals surface area contributed by atoms with Gasteiger partial charge in [-0.25, -0.2) is 13.6 Å². The Balaban J connectivity index is 1.62. The van der Waals surface area contributed by atoms with Crippen LogP contribution in [0.3, 0.4) is 0 Å². The van der Waals surface area contributed by atoms with Crippen molar-refractivity contribution in [1.82, 2.24) is 10.6 Å². The highest BCUT2D eigenvalue weighted by molar-refractivity contribution is 9.10. The number of carboxylic acid groups (broad SMARTS) is 1. The van der Waals surface area contributed by atoms with Gasteiger partial charge >= 0.3 is 6.09 Å². The molecule has 0 aliphatic heterocycles. The molecule has 3 atom stereocenters. The molecule has 3 aromatic carbocycles. The van der Waals surface area contributed by atoms with Crippen LogP contribution in [-0.2, 0) is 4.79 Å². The molecular formula is C27H25BrF2N2O3. The molecule has 1 fully saturated rings. The zero-order valence-corrected chi connectivity index (χ0v) is 20.3. The van der Waals surface area contributed by atoms with Crippen LogP contribution in [0, 0.1) is 17.6 Å². The highest BCUT2D eigenvalue weighted by atomic mass is 79.9. The summed E-state index contributed by atoms with van der Waals surface area (Å²) in [5.41, 5.74) is 2.30. The predicted molar refractivity (Wildman–Crippen MR) is 132 cm³/mol. The molecule has 0 spiro atoms. The molecule has 0 heterocycles. The molecule has 0 saturated heterocycles. The molecule has 35 heavy (non-hydrogen) atoms. The number of halogens is 3. The molecule has 0 bridgehead atoms. The fourth-order valence-electron chi connectivity index (χ4n) is 4.79. The zero-order chi connectivity index (χ0) is 24.9. The fraction of sp³-hybridized carbons (Fsp3) is 0.259. The number of rotatable bonds is 6. The van der Waals surface area contributed by atoms with E-state index in [9.17, 15) is 23.5 Å². The van der Waals surface area contributed by atoms with Gasteiger partial charge in [0.2, 0.25) is 5.91 Å². The lowest BCUT2D eigenvalue weighted by Crippen LogP contribution is -2.44. The first-order chi connectivity index (χ1) is 16.8. The lowest BCUT2D eigenvalue weighted by molar-refractivity contribution is -0.127. The van der Waals surface area contributed by atoms with Crippen molar-refractivity contribution < 1.29 is 23.5 Å². The molecule has 4 rings (SSSR count). The van der Waals surface area contributed by atoms with Crippen LogP contribution in [-0.4, -0.2) is 23.1 Å². The number of hydrogen-bond donors (Lipinski definition) is 3. The summed E-state index contributed by atoms with van der Waals surface area (Å²) in [5.74, 6) is -1.57. The van der Waals surface area contributed by atoms with Crippen molar-refractivity contribution in [2.75, 3.05) is 0 Å². The lowest BCUT2D eigenvalue weighted by atomic mass is 9.73. The third-order valence-corrected chi connectivity index (χ3v) is 7.03. The SMILES string of the molecule is O=C(O)N[C@@H]1CC[C@@H](C(=O)NC(c2ccc(F)cc2)c2ccc(F)cc2)[C@H](c2ccc(Br)cc2)C1. The maximum Gasteiger partial charge on any atom is 0.404 e. The van der Waals surface area contributed by atoms with E-state index in [1.54, 1.807) is 24.3 Å². The monoisotopic (exact) mass is 542 g/mol. The van der Waals surface area contributed by atoms with E-state index in [2.05, 4.69) is 26.6 Å². The summed E-state index contributed by atoms with van der Waals surface area (Å²) in [4.78, 5) is 24.9. The molecule has 5 nitrogen and oxygen atoms in total. The van der Waals surface area contributed by atoms with Crippen molar-refractivity contribution in [2.24, 2.45) is 5.92 Å². The van der Waals surface area contributed by atoms with Crippen LogP contribution < -0.4 is 10.6 Å². The average Bonchev–Trinajstić information content (AvgIpc) is 2.84. The largest absolute Gasteiger partial charge is 0.465 e. The Bertz CT molecular complexity index is 1130. The average molecular weight is 543 g/mol. The van der Waals surface area contributed by atoms with E-state index in [0.29, 0.717) is 30.4 Å². The van der Waals surface area contributed by atoms with Gasteiger partial charge in [0.15, 0.2) is 0 Å². The van der Waals surface area contributed by atoms with Crippen LogP contribution in [0.4, 0.5) is 13.6 Å². The van der Waals surface area contributed by atoms with Crippen LogP contribution >= 0.6 is 15.9 Å². The first-order valence-electron chi connectivity index (χ1n) is 11.4. The highest BCUT2D eigenvalue weighted by Gasteiger charge is 2.37. The Morgan fingerprint density at radius 3 is 1.91 bits per heavy atom. The van der Waals surface area contributed by atoms with Crippen LogP contribution in [0.2, 0.25) is 0 Å². The number of carbonyl (C=O) groups excluding carboxylic acids is 1. The third-order valence-electron chi connectivity index (χ3n) is 6.51. The zero-order valence-electron chi connectivity index (χ0n) is 18.8. The second-order valence-corrected chi connectivity index (χ2v) is 9.68. The van der Waals surface area contributed by atoms with Gasteiger partial charge in [-0.3, -0.25) is 4.79 Å². The second kappa shape index (κ2) is 11.0. The Hall–Kier alpha value is -3.26. The van der Waals surface area contributed by atoms with E-state index >= 15 is 0 Å². The highest BCUT2D eigenvalue weighted by Crippen LogP contribution is 2.39. The number of amides is 2. The summed E-state index contributed by atoms with van der Waals surface area (Å²) in [6, 6.07) is 18.5. The van der Waals surface area contributed by atoms with E-state index in [1.165, 1.54) is 24.3 Å². The molecule has 1 aliphatic carbocycles. The molecule has 0 unspecified atom stereocenters. The van der Waals surface area contributed by atoms with E-state index in [4.69, 9.17) is 0 Å². The summed E-state index contributed by atoms with van der Waals surface area (Å²) in [6.45, 7) is 0. The van der Waals surface area contributed by atoms with Gasteiger partial charge in [0, 0.05) is 16.4 Å². The van der Waals surface area contributed by atoms with Crippen LogP contribution in [0.5, 0.6) is 0 Å². The molecule has 182 valence electrons. The molecule has 1 aliphatic rings. The van der Waals surface area contributed by atoms with E-state index in [0.717, 1.165) is 10.0 Å². The van der Waals surface area contributed by atoms with Gasteiger partial charge in [-0.2, -0.15) is 0 Å². The third kappa shape index (κ3) is 6.25. The Labute approximate surface area is 210 Å². The maximum atomic E-state index is 13.7. The minimum Gasteiger partial charge on any atom is -0.465 e. The van der Waals surface area contributed by atoms with Crippen molar-refractivity contribution in [1.29, 1.82) is 0 Å². The van der Waals surface area contributed by atoms with Crippen molar-refractivity contribution >= 4 is 27.9 Å². The van der Waals surface area contributed by atoms with E-state index in [1.807, 2.05) is 24.3 Å². The molecule has 2 amide bonds. The second-order valence-electron chi connectivity index (χ2n) is 8.77. The summed E-state index contributed by atoms with van der Waals surface area (Å²) >= 11 is 3.43. The van der Waals surface area contributed by atoms with E-state index in [-0.39, 0.29) is 17.9 Å². The molecule has 3 N–H and O–H groups in total. The van der Waals surface area contributed by atoms with Gasteiger partial charge in [-0.15, -0.1) is 0 Å². The predicted octanol–water partition coefficient (Wildman–Crippen LogP) is 6.15. The molecule has 1 saturated carbocycles. The number of hydrogen-bond acceptors (Lipinski definition) is 2. The van der Waals surface area contributed by atoms with Gasteiger partial charge in [-0.05, 0) is 78.3 Å². The number of nitrogens with one attached hydrogen (secondary N) is 2. The Morgan fingerprint density at radius 2 is 1.40 bits per heavy atom. The molecule has 0 radical (unpaired) electrons. The smallest absolute Gasteiger partial charge is 0.404 e. The first-order valence-corrected chi connectivity index (χ1v) is 12.2.